The van der Waals surface area contributed by atoms with Gasteiger partial charge in [0.15, 0.2) is 11.5 Å². The van der Waals surface area contributed by atoms with Gasteiger partial charge in [0, 0.05) is 30.6 Å². The van der Waals surface area contributed by atoms with Crippen molar-refractivity contribution in [2.24, 2.45) is 0 Å². The number of benzene rings is 2. The fourth-order valence-electron chi connectivity index (χ4n) is 4.06. The molecule has 0 fully saturated rings. The quantitative estimate of drug-likeness (QED) is 0.605. The molecule has 6 nitrogen and oxygen atoms in total. The molecule has 2 aliphatic rings. The number of hydrogen-bond acceptors (Lipinski definition) is 5. The minimum Gasteiger partial charge on any atom is -0.454 e. The largest absolute Gasteiger partial charge is 0.454 e. The normalized spacial score (nSPS) is 15.6. The SMILES string of the molecule is CCN(CNC(=O)C1=CN(Cc2ccccc2)C=CC1)C(C)Cc1ccc2c(c1)OCO2. The molecule has 1 amide bonds. The van der Waals surface area contributed by atoms with Crippen molar-refractivity contribution in [3.63, 3.8) is 0 Å². The van der Waals surface area contributed by atoms with Crippen molar-refractivity contribution >= 4 is 5.91 Å². The Hall–Kier alpha value is -3.25. The molecular formula is C26H31N3O3. The van der Waals surface area contributed by atoms with Gasteiger partial charge in [-0.25, -0.2) is 0 Å². The van der Waals surface area contributed by atoms with E-state index in [1.807, 2.05) is 48.8 Å². The zero-order valence-corrected chi connectivity index (χ0v) is 18.8. The van der Waals surface area contributed by atoms with Crippen molar-refractivity contribution in [2.45, 2.75) is 39.3 Å². The van der Waals surface area contributed by atoms with Crippen LogP contribution in [0.15, 0.2) is 72.6 Å². The Kier molecular flexibility index (Phi) is 7.12. The minimum atomic E-state index is -0.0128. The lowest BCUT2D eigenvalue weighted by atomic mass is 10.1. The maximum absolute atomic E-state index is 12.8. The number of carbonyl (C=O) groups excluding carboxylic acids is 1. The predicted molar refractivity (Wildman–Crippen MR) is 125 cm³/mol. The second-order valence-electron chi connectivity index (χ2n) is 8.21. The molecular weight excluding hydrogens is 402 g/mol. The van der Waals surface area contributed by atoms with Gasteiger partial charge in [0.1, 0.15) is 0 Å². The molecule has 6 heteroatoms. The van der Waals surface area contributed by atoms with Crippen LogP contribution >= 0.6 is 0 Å². The molecule has 2 aromatic rings. The van der Waals surface area contributed by atoms with Gasteiger partial charge in [0.05, 0.1) is 6.67 Å². The zero-order valence-electron chi connectivity index (χ0n) is 18.8. The number of ether oxygens (including phenoxy) is 2. The molecule has 1 atom stereocenters. The third-order valence-electron chi connectivity index (χ3n) is 5.90. The summed E-state index contributed by atoms with van der Waals surface area (Å²) in [4.78, 5) is 17.2. The summed E-state index contributed by atoms with van der Waals surface area (Å²) in [6.45, 7) is 6.71. The Morgan fingerprint density at radius 2 is 1.94 bits per heavy atom. The molecule has 1 unspecified atom stereocenters. The molecule has 168 valence electrons. The number of allylic oxidation sites excluding steroid dienone is 1. The third kappa shape index (κ3) is 5.51. The minimum absolute atomic E-state index is 0.0128. The summed E-state index contributed by atoms with van der Waals surface area (Å²) >= 11 is 0. The fourth-order valence-corrected chi connectivity index (χ4v) is 4.06. The van der Waals surface area contributed by atoms with E-state index in [0.29, 0.717) is 13.1 Å². The molecule has 2 aliphatic heterocycles. The van der Waals surface area contributed by atoms with Crippen LogP contribution in [0.4, 0.5) is 0 Å². The molecule has 2 heterocycles. The maximum atomic E-state index is 12.8. The van der Waals surface area contributed by atoms with Gasteiger partial charge >= 0.3 is 0 Å². The molecule has 0 spiro atoms. The van der Waals surface area contributed by atoms with Gasteiger partial charge < -0.3 is 19.7 Å². The number of carbonyl (C=O) groups is 1. The van der Waals surface area contributed by atoms with Gasteiger partial charge in [-0.2, -0.15) is 0 Å². The Labute approximate surface area is 190 Å². The van der Waals surface area contributed by atoms with Gasteiger partial charge in [-0.3, -0.25) is 9.69 Å². The second kappa shape index (κ2) is 10.4. The topological polar surface area (TPSA) is 54.0 Å². The van der Waals surface area contributed by atoms with Crippen molar-refractivity contribution in [3.05, 3.63) is 83.7 Å². The van der Waals surface area contributed by atoms with E-state index in [-0.39, 0.29) is 18.7 Å². The van der Waals surface area contributed by atoms with Crippen LogP contribution in [0.5, 0.6) is 11.5 Å². The molecule has 0 aromatic heterocycles. The van der Waals surface area contributed by atoms with Gasteiger partial charge in [0.25, 0.3) is 0 Å². The Morgan fingerprint density at radius 3 is 2.75 bits per heavy atom. The molecule has 0 radical (unpaired) electrons. The summed E-state index contributed by atoms with van der Waals surface area (Å²) in [5, 5.41) is 3.11. The average Bonchev–Trinajstić information content (AvgIpc) is 3.28. The van der Waals surface area contributed by atoms with Crippen LogP contribution in [0.3, 0.4) is 0 Å². The lowest BCUT2D eigenvalue weighted by Gasteiger charge is -2.28. The number of amides is 1. The third-order valence-corrected chi connectivity index (χ3v) is 5.90. The van der Waals surface area contributed by atoms with Gasteiger partial charge in [-0.05, 0) is 49.6 Å². The lowest BCUT2D eigenvalue weighted by Crippen LogP contribution is -2.43. The van der Waals surface area contributed by atoms with E-state index in [0.717, 1.165) is 36.6 Å². The fraction of sp³-hybridized carbons (Fsp3) is 0.346. The van der Waals surface area contributed by atoms with Crippen LogP contribution in [0.25, 0.3) is 0 Å². The predicted octanol–water partition coefficient (Wildman–Crippen LogP) is 4.05. The standard InChI is InChI=1S/C26H31N3O3/c1-3-29(20(2)14-22-11-12-24-25(15-22)32-19-31-24)18-27-26(30)23-10-7-13-28(17-23)16-21-8-5-4-6-9-21/h4-9,11-13,15,17,20H,3,10,14,16,18-19H2,1-2H3,(H,27,30). The second-order valence-corrected chi connectivity index (χ2v) is 8.21. The molecule has 0 bridgehead atoms. The number of likely N-dealkylation sites (N-methyl/N-ethyl adjacent to an activating group) is 1. The van der Waals surface area contributed by atoms with E-state index in [4.69, 9.17) is 9.47 Å². The number of fused-ring (bicyclic) bond motifs is 1. The van der Waals surface area contributed by atoms with Crippen molar-refractivity contribution in [1.29, 1.82) is 0 Å². The lowest BCUT2D eigenvalue weighted by molar-refractivity contribution is -0.118. The van der Waals surface area contributed by atoms with Crippen molar-refractivity contribution < 1.29 is 14.3 Å². The highest BCUT2D eigenvalue weighted by Gasteiger charge is 2.19. The Bertz CT molecular complexity index is 987. The number of nitrogens with one attached hydrogen (secondary N) is 1. The van der Waals surface area contributed by atoms with Gasteiger partial charge in [0.2, 0.25) is 12.7 Å². The van der Waals surface area contributed by atoms with Crippen molar-refractivity contribution in [3.8, 4) is 11.5 Å². The van der Waals surface area contributed by atoms with E-state index in [1.165, 1.54) is 11.1 Å². The first kappa shape index (κ1) is 22.0. The number of rotatable bonds is 9. The summed E-state index contributed by atoms with van der Waals surface area (Å²) in [6, 6.07) is 16.6. The Balaban J connectivity index is 1.30. The summed E-state index contributed by atoms with van der Waals surface area (Å²) in [7, 11) is 0. The molecule has 0 saturated carbocycles. The van der Waals surface area contributed by atoms with Crippen molar-refractivity contribution in [2.75, 3.05) is 20.0 Å². The first-order chi connectivity index (χ1) is 15.6. The van der Waals surface area contributed by atoms with Crippen LogP contribution in [0, 0.1) is 0 Å². The molecule has 0 aliphatic carbocycles. The average molecular weight is 434 g/mol. The maximum Gasteiger partial charge on any atom is 0.249 e. The monoisotopic (exact) mass is 433 g/mol. The summed E-state index contributed by atoms with van der Waals surface area (Å²) in [5.41, 5.74) is 3.19. The van der Waals surface area contributed by atoms with Crippen LogP contribution in [0.1, 0.15) is 31.4 Å². The molecule has 1 N–H and O–H groups in total. The highest BCUT2D eigenvalue weighted by Crippen LogP contribution is 2.33. The van der Waals surface area contributed by atoms with E-state index in [9.17, 15) is 4.79 Å². The molecule has 0 saturated heterocycles. The highest BCUT2D eigenvalue weighted by molar-refractivity contribution is 5.93. The zero-order chi connectivity index (χ0) is 22.3. The van der Waals surface area contributed by atoms with Crippen LogP contribution in [0.2, 0.25) is 0 Å². The van der Waals surface area contributed by atoms with Crippen LogP contribution in [-0.2, 0) is 17.8 Å². The van der Waals surface area contributed by atoms with Crippen molar-refractivity contribution in [1.82, 2.24) is 15.1 Å². The number of nitrogens with zero attached hydrogens (tertiary/aromatic N) is 2. The van der Waals surface area contributed by atoms with Gasteiger partial charge in [-0.15, -0.1) is 0 Å². The van der Waals surface area contributed by atoms with Gasteiger partial charge in [-0.1, -0.05) is 49.4 Å². The van der Waals surface area contributed by atoms with Crippen LogP contribution < -0.4 is 14.8 Å². The first-order valence-corrected chi connectivity index (χ1v) is 11.2. The molecule has 4 rings (SSSR count). The first-order valence-electron chi connectivity index (χ1n) is 11.2. The molecule has 32 heavy (non-hydrogen) atoms. The molecule has 2 aromatic carbocycles. The van der Waals surface area contributed by atoms with Crippen LogP contribution in [-0.4, -0.2) is 41.8 Å². The Morgan fingerprint density at radius 1 is 1.12 bits per heavy atom. The smallest absolute Gasteiger partial charge is 0.249 e. The number of hydrogen-bond donors (Lipinski definition) is 1. The summed E-state index contributed by atoms with van der Waals surface area (Å²) in [5.74, 6) is 1.60. The highest BCUT2D eigenvalue weighted by atomic mass is 16.7. The van der Waals surface area contributed by atoms with E-state index < -0.39 is 0 Å². The summed E-state index contributed by atoms with van der Waals surface area (Å²) < 4.78 is 10.9. The van der Waals surface area contributed by atoms with E-state index in [1.54, 1.807) is 0 Å². The van der Waals surface area contributed by atoms with E-state index >= 15 is 0 Å². The summed E-state index contributed by atoms with van der Waals surface area (Å²) in [6.07, 6.45) is 7.55. The van der Waals surface area contributed by atoms with E-state index in [2.05, 4.69) is 47.2 Å².